The molecule has 0 aliphatic carbocycles. The summed E-state index contributed by atoms with van der Waals surface area (Å²) < 4.78 is 23.6. The zero-order valence-electron chi connectivity index (χ0n) is 9.20. The minimum atomic E-state index is -0.561. The average Bonchev–Trinajstić information content (AvgIpc) is 2.29. The van der Waals surface area contributed by atoms with E-state index >= 15 is 0 Å². The number of benzene rings is 1. The van der Waals surface area contributed by atoms with Crippen molar-refractivity contribution in [3.05, 3.63) is 29.6 Å². The van der Waals surface area contributed by atoms with Crippen molar-refractivity contribution >= 4 is 0 Å². The van der Waals surface area contributed by atoms with E-state index in [2.05, 4.69) is 0 Å². The van der Waals surface area contributed by atoms with Crippen LogP contribution in [0.1, 0.15) is 18.9 Å². The van der Waals surface area contributed by atoms with Crippen molar-refractivity contribution in [2.45, 2.75) is 13.3 Å². The van der Waals surface area contributed by atoms with Crippen LogP contribution in [0, 0.1) is 17.1 Å². The third-order valence-electron chi connectivity index (χ3n) is 1.92. The van der Waals surface area contributed by atoms with Crippen molar-refractivity contribution in [2.75, 3.05) is 19.8 Å². The molecule has 0 aliphatic heterocycles. The molecule has 0 bridgehead atoms. The van der Waals surface area contributed by atoms with Crippen molar-refractivity contribution in [3.63, 3.8) is 0 Å². The lowest BCUT2D eigenvalue weighted by Crippen LogP contribution is -2.08. The van der Waals surface area contributed by atoms with Crippen LogP contribution < -0.4 is 4.74 Å². The quantitative estimate of drug-likeness (QED) is 0.696. The second kappa shape index (κ2) is 6.81. The summed E-state index contributed by atoms with van der Waals surface area (Å²) in [6.45, 7) is 3.45. The van der Waals surface area contributed by atoms with Crippen LogP contribution in [0.25, 0.3) is 0 Å². The summed E-state index contributed by atoms with van der Waals surface area (Å²) in [5.74, 6) is -0.294. The first-order valence-corrected chi connectivity index (χ1v) is 5.18. The molecule has 0 saturated carbocycles. The van der Waals surface area contributed by atoms with Crippen LogP contribution in [0.3, 0.4) is 0 Å². The van der Waals surface area contributed by atoms with Crippen LogP contribution in [-0.2, 0) is 4.74 Å². The molecule has 0 unspecified atom stereocenters. The maximum absolute atomic E-state index is 13.1. The number of hydrogen-bond acceptors (Lipinski definition) is 3. The van der Waals surface area contributed by atoms with E-state index in [9.17, 15) is 4.39 Å². The Labute approximate surface area is 94.4 Å². The van der Waals surface area contributed by atoms with Gasteiger partial charge in [0.2, 0.25) is 0 Å². The molecule has 86 valence electrons. The molecule has 1 aromatic rings. The Balaban J connectivity index is 2.48. The van der Waals surface area contributed by atoms with Gasteiger partial charge in [0.05, 0.1) is 6.61 Å². The zero-order valence-corrected chi connectivity index (χ0v) is 9.20. The van der Waals surface area contributed by atoms with Gasteiger partial charge in [-0.15, -0.1) is 0 Å². The second-order valence-electron chi connectivity index (χ2n) is 3.19. The highest BCUT2D eigenvalue weighted by molar-refractivity contribution is 5.43. The summed E-state index contributed by atoms with van der Waals surface area (Å²) in [4.78, 5) is 0. The van der Waals surface area contributed by atoms with E-state index in [1.54, 1.807) is 12.1 Å². The number of nitriles is 1. The van der Waals surface area contributed by atoms with Crippen LogP contribution >= 0.6 is 0 Å². The molecule has 0 aliphatic rings. The van der Waals surface area contributed by atoms with Gasteiger partial charge in [0.15, 0.2) is 0 Å². The van der Waals surface area contributed by atoms with Gasteiger partial charge in [-0.25, -0.2) is 4.39 Å². The Bertz CT molecular complexity index is 374. The molecule has 0 heterocycles. The topological polar surface area (TPSA) is 42.2 Å². The SMILES string of the molecule is CCCOCCOc1cccc(F)c1C#N. The molecule has 3 nitrogen and oxygen atoms in total. The molecule has 0 atom stereocenters. The van der Waals surface area contributed by atoms with Gasteiger partial charge in [-0.2, -0.15) is 5.26 Å². The summed E-state index contributed by atoms with van der Waals surface area (Å²) in [7, 11) is 0. The van der Waals surface area contributed by atoms with Crippen LogP contribution in [0.15, 0.2) is 18.2 Å². The summed E-state index contributed by atoms with van der Waals surface area (Å²) in [5, 5.41) is 8.74. The molecule has 0 fully saturated rings. The van der Waals surface area contributed by atoms with Crippen molar-refractivity contribution in [3.8, 4) is 11.8 Å². The Morgan fingerprint density at radius 2 is 2.12 bits per heavy atom. The van der Waals surface area contributed by atoms with Gasteiger partial charge in [0, 0.05) is 6.61 Å². The molecule has 1 aromatic carbocycles. The molecule has 1 rings (SSSR count). The predicted molar refractivity (Wildman–Crippen MR) is 57.7 cm³/mol. The van der Waals surface area contributed by atoms with Gasteiger partial charge in [-0.1, -0.05) is 13.0 Å². The van der Waals surface area contributed by atoms with Crippen molar-refractivity contribution in [1.29, 1.82) is 5.26 Å². The smallest absolute Gasteiger partial charge is 0.144 e. The normalized spacial score (nSPS) is 9.81. The van der Waals surface area contributed by atoms with E-state index in [-0.39, 0.29) is 11.3 Å². The lowest BCUT2D eigenvalue weighted by atomic mass is 10.2. The van der Waals surface area contributed by atoms with Crippen LogP contribution in [0.4, 0.5) is 4.39 Å². The van der Waals surface area contributed by atoms with Crippen LogP contribution in [0.2, 0.25) is 0 Å². The summed E-state index contributed by atoms with van der Waals surface area (Å²) in [5.41, 5.74) is -0.0574. The molecular formula is C12H14FNO2. The Morgan fingerprint density at radius 3 is 2.81 bits per heavy atom. The standard InChI is InChI=1S/C12H14FNO2/c1-2-6-15-7-8-16-12-5-3-4-11(13)10(12)9-14/h3-5H,2,6-8H2,1H3. The van der Waals surface area contributed by atoms with Gasteiger partial charge in [0.25, 0.3) is 0 Å². The zero-order chi connectivity index (χ0) is 11.8. The molecule has 0 amide bonds. The summed E-state index contributed by atoms with van der Waals surface area (Å²) in [6, 6.07) is 6.09. The maximum atomic E-state index is 13.1. The van der Waals surface area contributed by atoms with E-state index in [1.165, 1.54) is 12.1 Å². The first kappa shape index (κ1) is 12.5. The number of ether oxygens (including phenoxy) is 2. The molecule has 0 radical (unpaired) electrons. The second-order valence-corrected chi connectivity index (χ2v) is 3.19. The highest BCUT2D eigenvalue weighted by Gasteiger charge is 2.08. The molecule has 0 saturated heterocycles. The van der Waals surface area contributed by atoms with Crippen molar-refractivity contribution < 1.29 is 13.9 Å². The minimum absolute atomic E-state index is 0.0574. The molecular weight excluding hydrogens is 209 g/mol. The fourth-order valence-electron chi connectivity index (χ4n) is 1.19. The molecule has 16 heavy (non-hydrogen) atoms. The third kappa shape index (κ3) is 3.52. The average molecular weight is 223 g/mol. The Kier molecular flexibility index (Phi) is 5.30. The van der Waals surface area contributed by atoms with Crippen LogP contribution in [0.5, 0.6) is 5.75 Å². The predicted octanol–water partition coefficient (Wildman–Crippen LogP) is 2.50. The van der Waals surface area contributed by atoms with Crippen molar-refractivity contribution in [2.24, 2.45) is 0 Å². The van der Waals surface area contributed by atoms with E-state index in [0.29, 0.717) is 19.8 Å². The van der Waals surface area contributed by atoms with E-state index < -0.39 is 5.82 Å². The highest BCUT2D eigenvalue weighted by Crippen LogP contribution is 2.19. The lowest BCUT2D eigenvalue weighted by molar-refractivity contribution is 0.100. The van der Waals surface area contributed by atoms with Gasteiger partial charge in [-0.05, 0) is 18.6 Å². The number of hydrogen-bond donors (Lipinski definition) is 0. The summed E-state index contributed by atoms with van der Waals surface area (Å²) in [6.07, 6.45) is 0.948. The monoisotopic (exact) mass is 223 g/mol. The summed E-state index contributed by atoms with van der Waals surface area (Å²) >= 11 is 0. The maximum Gasteiger partial charge on any atom is 0.144 e. The minimum Gasteiger partial charge on any atom is -0.490 e. The molecule has 0 spiro atoms. The van der Waals surface area contributed by atoms with E-state index in [4.69, 9.17) is 14.7 Å². The number of nitrogens with zero attached hydrogens (tertiary/aromatic N) is 1. The van der Waals surface area contributed by atoms with Gasteiger partial charge in [-0.3, -0.25) is 0 Å². The molecule has 0 N–H and O–H groups in total. The van der Waals surface area contributed by atoms with Gasteiger partial charge >= 0.3 is 0 Å². The molecule has 0 aromatic heterocycles. The third-order valence-corrected chi connectivity index (χ3v) is 1.92. The Hall–Kier alpha value is -1.60. The number of rotatable bonds is 6. The highest BCUT2D eigenvalue weighted by atomic mass is 19.1. The fourth-order valence-corrected chi connectivity index (χ4v) is 1.19. The Morgan fingerprint density at radius 1 is 1.31 bits per heavy atom. The van der Waals surface area contributed by atoms with Gasteiger partial charge in [0.1, 0.15) is 29.8 Å². The molecule has 4 heteroatoms. The van der Waals surface area contributed by atoms with E-state index in [0.717, 1.165) is 6.42 Å². The largest absolute Gasteiger partial charge is 0.490 e. The first-order valence-electron chi connectivity index (χ1n) is 5.18. The number of halogens is 1. The lowest BCUT2D eigenvalue weighted by Gasteiger charge is -2.08. The van der Waals surface area contributed by atoms with Crippen molar-refractivity contribution in [1.82, 2.24) is 0 Å². The van der Waals surface area contributed by atoms with E-state index in [1.807, 2.05) is 6.92 Å². The van der Waals surface area contributed by atoms with Crippen LogP contribution in [-0.4, -0.2) is 19.8 Å². The fraction of sp³-hybridized carbons (Fsp3) is 0.417. The first-order chi connectivity index (χ1) is 7.79. The van der Waals surface area contributed by atoms with Gasteiger partial charge < -0.3 is 9.47 Å².